The minimum Gasteiger partial charge on any atom is -0.341 e. The fraction of sp³-hybridized carbons (Fsp3) is 0.0952. The van der Waals surface area contributed by atoms with E-state index in [-0.39, 0.29) is 6.03 Å². The van der Waals surface area contributed by atoms with Crippen LogP contribution in [0, 0.1) is 0 Å². The molecule has 0 unspecified atom stereocenters. The van der Waals surface area contributed by atoms with Crippen molar-refractivity contribution in [2.45, 2.75) is 16.5 Å². The van der Waals surface area contributed by atoms with Crippen LogP contribution in [0.25, 0.3) is 11.3 Å². The van der Waals surface area contributed by atoms with Crippen LogP contribution >= 0.6 is 23.1 Å². The minimum absolute atomic E-state index is 0.305. The molecule has 0 aliphatic heterocycles. The predicted molar refractivity (Wildman–Crippen MR) is 118 cm³/mol. The lowest BCUT2D eigenvalue weighted by Crippen LogP contribution is -2.28. The number of thioether (sulfide) groups is 1. The highest BCUT2D eigenvalue weighted by Gasteiger charge is 2.09. The number of urea groups is 1. The van der Waals surface area contributed by atoms with Crippen LogP contribution in [0.2, 0.25) is 0 Å². The van der Waals surface area contributed by atoms with Crippen molar-refractivity contribution in [1.29, 1.82) is 0 Å². The van der Waals surface area contributed by atoms with E-state index >= 15 is 0 Å². The smallest absolute Gasteiger partial charge is 0.321 e. The maximum Gasteiger partial charge on any atom is 0.321 e. The van der Waals surface area contributed by atoms with E-state index in [1.807, 2.05) is 48.5 Å². The molecule has 0 saturated carbocycles. The number of aromatic amines is 1. The zero-order chi connectivity index (χ0) is 19.9. The van der Waals surface area contributed by atoms with Crippen LogP contribution in [0.15, 0.2) is 77.3 Å². The number of hydrogen-bond donors (Lipinski definition) is 3. The van der Waals surface area contributed by atoms with Crippen LogP contribution in [0.4, 0.5) is 9.93 Å². The highest BCUT2D eigenvalue weighted by Crippen LogP contribution is 2.30. The molecule has 2 heterocycles. The van der Waals surface area contributed by atoms with Crippen LogP contribution < -0.4 is 10.6 Å². The predicted octanol–water partition coefficient (Wildman–Crippen LogP) is 5.15. The number of hydrogen-bond acceptors (Lipinski definition) is 5. The van der Waals surface area contributed by atoms with E-state index in [0.29, 0.717) is 17.5 Å². The summed E-state index contributed by atoms with van der Waals surface area (Å²) >= 11 is 3.16. The van der Waals surface area contributed by atoms with E-state index in [9.17, 15) is 4.79 Å². The highest BCUT2D eigenvalue weighted by molar-refractivity contribution is 8.00. The van der Waals surface area contributed by atoms with Gasteiger partial charge in [0.25, 0.3) is 0 Å². The summed E-state index contributed by atoms with van der Waals surface area (Å²) in [7, 11) is 0. The molecule has 0 atom stereocenters. The molecule has 29 heavy (non-hydrogen) atoms. The maximum absolute atomic E-state index is 12.1. The maximum atomic E-state index is 12.1. The van der Waals surface area contributed by atoms with Gasteiger partial charge in [0.1, 0.15) is 5.82 Å². The van der Waals surface area contributed by atoms with Crippen molar-refractivity contribution in [3.8, 4) is 11.3 Å². The summed E-state index contributed by atoms with van der Waals surface area (Å²) in [6.07, 6.45) is 3.55. The number of benzene rings is 2. The first-order valence-corrected chi connectivity index (χ1v) is 10.8. The van der Waals surface area contributed by atoms with E-state index in [2.05, 4.69) is 37.7 Å². The van der Waals surface area contributed by atoms with Crippen molar-refractivity contribution >= 4 is 34.3 Å². The molecule has 146 valence electrons. The van der Waals surface area contributed by atoms with Gasteiger partial charge in [0, 0.05) is 5.75 Å². The first kappa shape index (κ1) is 19.2. The third-order valence-electron chi connectivity index (χ3n) is 4.06. The van der Waals surface area contributed by atoms with E-state index in [1.165, 1.54) is 16.9 Å². The largest absolute Gasteiger partial charge is 0.341 e. The van der Waals surface area contributed by atoms with Gasteiger partial charge in [-0.2, -0.15) is 0 Å². The topological polar surface area (TPSA) is 82.7 Å². The number of thiazole rings is 1. The molecule has 0 aliphatic carbocycles. The summed E-state index contributed by atoms with van der Waals surface area (Å²) in [6, 6.07) is 19.9. The molecule has 2 aromatic carbocycles. The molecule has 6 nitrogen and oxygen atoms in total. The normalized spacial score (nSPS) is 10.6. The summed E-state index contributed by atoms with van der Waals surface area (Å²) in [6.45, 7) is 0.305. The average molecular weight is 422 g/mol. The van der Waals surface area contributed by atoms with Gasteiger partial charge in [-0.15, -0.1) is 11.8 Å². The lowest BCUT2D eigenvalue weighted by atomic mass is 10.2. The third kappa shape index (κ3) is 5.46. The fourth-order valence-corrected chi connectivity index (χ4v) is 4.46. The van der Waals surface area contributed by atoms with Crippen molar-refractivity contribution in [3.05, 3.63) is 84.4 Å². The lowest BCUT2D eigenvalue weighted by molar-refractivity contribution is 0.251. The van der Waals surface area contributed by atoms with Crippen molar-refractivity contribution in [2.24, 2.45) is 0 Å². The Hall–Kier alpha value is -3.10. The Morgan fingerprint density at radius 3 is 2.55 bits per heavy atom. The van der Waals surface area contributed by atoms with Gasteiger partial charge in [-0.05, 0) is 11.1 Å². The fourth-order valence-electron chi connectivity index (χ4n) is 2.63. The molecule has 4 aromatic rings. The van der Waals surface area contributed by atoms with Gasteiger partial charge < -0.3 is 10.3 Å². The van der Waals surface area contributed by atoms with Crippen molar-refractivity contribution in [1.82, 2.24) is 20.3 Å². The second kappa shape index (κ2) is 9.40. The molecule has 3 N–H and O–H groups in total. The average Bonchev–Trinajstić information content (AvgIpc) is 3.42. The molecule has 0 saturated heterocycles. The van der Waals surface area contributed by atoms with E-state index in [0.717, 1.165) is 21.2 Å². The Balaban J connectivity index is 1.25. The first-order chi connectivity index (χ1) is 14.3. The summed E-state index contributed by atoms with van der Waals surface area (Å²) in [4.78, 5) is 23.9. The highest BCUT2D eigenvalue weighted by atomic mass is 32.2. The standard InChI is InChI=1S/C21H19N5OS2/c27-20(23-12-18-22-11-17(25-18)16-9-5-2-6-10-16)26-21-24-13-19(29-21)28-14-15-7-3-1-4-8-15/h1-11,13H,12,14H2,(H,22,25)(H2,23,24,26,27). The molecular formula is C21H19N5OS2. The summed E-state index contributed by atoms with van der Waals surface area (Å²) in [5.41, 5.74) is 3.23. The molecule has 0 spiro atoms. The van der Waals surface area contributed by atoms with Gasteiger partial charge in [0.05, 0.1) is 28.8 Å². The van der Waals surface area contributed by atoms with Gasteiger partial charge >= 0.3 is 6.03 Å². The monoisotopic (exact) mass is 421 g/mol. The molecule has 2 amide bonds. The molecule has 0 aliphatic rings. The Morgan fingerprint density at radius 1 is 1.00 bits per heavy atom. The zero-order valence-corrected chi connectivity index (χ0v) is 17.1. The number of nitrogens with zero attached hydrogens (tertiary/aromatic N) is 2. The number of imidazole rings is 1. The molecule has 0 radical (unpaired) electrons. The van der Waals surface area contributed by atoms with Crippen molar-refractivity contribution in [2.75, 3.05) is 5.32 Å². The van der Waals surface area contributed by atoms with Crippen molar-refractivity contribution < 1.29 is 4.79 Å². The number of carbonyl (C=O) groups is 1. The number of aromatic nitrogens is 3. The number of amides is 2. The van der Waals surface area contributed by atoms with Crippen LogP contribution in [-0.4, -0.2) is 21.0 Å². The van der Waals surface area contributed by atoms with Gasteiger partial charge in [0.15, 0.2) is 5.13 Å². The van der Waals surface area contributed by atoms with Gasteiger partial charge in [-0.1, -0.05) is 72.0 Å². The van der Waals surface area contributed by atoms with Gasteiger partial charge in [-0.25, -0.2) is 14.8 Å². The van der Waals surface area contributed by atoms with Gasteiger partial charge in [0.2, 0.25) is 0 Å². The molecule has 0 fully saturated rings. The summed E-state index contributed by atoms with van der Waals surface area (Å²) in [5, 5.41) is 6.14. The number of rotatable bonds is 7. The van der Waals surface area contributed by atoms with Crippen LogP contribution in [0.1, 0.15) is 11.4 Å². The zero-order valence-electron chi connectivity index (χ0n) is 15.5. The number of anilines is 1. The number of H-pyrrole nitrogens is 1. The van der Waals surface area contributed by atoms with Crippen LogP contribution in [0.5, 0.6) is 0 Å². The Morgan fingerprint density at radius 2 is 1.76 bits per heavy atom. The SMILES string of the molecule is O=C(NCc1ncc(-c2ccccc2)[nH]1)Nc1ncc(SCc2ccccc2)s1. The third-order valence-corrected chi connectivity index (χ3v) is 6.24. The van der Waals surface area contributed by atoms with E-state index in [1.54, 1.807) is 24.2 Å². The van der Waals surface area contributed by atoms with E-state index in [4.69, 9.17) is 0 Å². The number of carbonyl (C=O) groups excluding carboxylic acids is 1. The molecule has 4 rings (SSSR count). The Kier molecular flexibility index (Phi) is 6.23. The molecular weight excluding hydrogens is 402 g/mol. The van der Waals surface area contributed by atoms with Gasteiger partial charge in [-0.3, -0.25) is 5.32 Å². The quantitative estimate of drug-likeness (QED) is 0.361. The van der Waals surface area contributed by atoms with Crippen LogP contribution in [-0.2, 0) is 12.3 Å². The molecule has 0 bridgehead atoms. The van der Waals surface area contributed by atoms with E-state index < -0.39 is 0 Å². The van der Waals surface area contributed by atoms with Crippen molar-refractivity contribution in [3.63, 3.8) is 0 Å². The second-order valence-corrected chi connectivity index (χ2v) is 8.48. The second-order valence-electron chi connectivity index (χ2n) is 6.18. The Bertz CT molecular complexity index is 1060. The first-order valence-electron chi connectivity index (χ1n) is 9.03. The lowest BCUT2D eigenvalue weighted by Gasteiger charge is -2.03. The molecule has 8 heteroatoms. The minimum atomic E-state index is -0.309. The van der Waals surface area contributed by atoms with Crippen LogP contribution in [0.3, 0.4) is 0 Å². The summed E-state index contributed by atoms with van der Waals surface area (Å²) in [5.74, 6) is 1.56. The Labute approximate surface area is 176 Å². The summed E-state index contributed by atoms with van der Waals surface area (Å²) < 4.78 is 1.06. The number of nitrogens with one attached hydrogen (secondary N) is 3. The molecule has 2 aromatic heterocycles.